The number of aliphatic carboxylic acids is 1. The van der Waals surface area contributed by atoms with E-state index in [0.717, 1.165) is 63.5 Å². The predicted octanol–water partition coefficient (Wildman–Crippen LogP) is 5.68. The second-order valence-corrected chi connectivity index (χ2v) is 10.7. The number of carboxylic acids is 1. The number of carbonyl (C=O) groups is 2. The molecule has 0 radical (unpaired) electrons. The zero-order valence-electron chi connectivity index (χ0n) is 22.2. The van der Waals surface area contributed by atoms with E-state index in [9.17, 15) is 9.59 Å². The molecule has 2 aliphatic carbocycles. The molecule has 0 spiro atoms. The van der Waals surface area contributed by atoms with E-state index in [1.54, 1.807) is 4.90 Å². The van der Waals surface area contributed by atoms with Crippen LogP contribution in [0.2, 0.25) is 0 Å². The molecule has 1 aliphatic heterocycles. The van der Waals surface area contributed by atoms with E-state index in [1.165, 1.54) is 31.3 Å². The summed E-state index contributed by atoms with van der Waals surface area (Å²) < 4.78 is 5.90. The van der Waals surface area contributed by atoms with Gasteiger partial charge in [-0.2, -0.15) is 4.98 Å². The first kappa shape index (κ1) is 27.1. The predicted molar refractivity (Wildman–Crippen MR) is 143 cm³/mol. The number of carboxylic acid groups (broad SMARTS) is 1. The topological polar surface area (TPSA) is 119 Å². The molecule has 1 saturated carbocycles. The van der Waals surface area contributed by atoms with Gasteiger partial charge in [-0.25, -0.2) is 4.98 Å². The van der Waals surface area contributed by atoms with Crippen molar-refractivity contribution in [2.24, 2.45) is 11.8 Å². The van der Waals surface area contributed by atoms with Gasteiger partial charge in [-0.15, -0.1) is 0 Å². The maximum absolute atomic E-state index is 13.5. The van der Waals surface area contributed by atoms with Crippen LogP contribution in [0.5, 0.6) is 5.88 Å². The number of ether oxygens (including phenoxy) is 1. The molecular weight excluding hydrogens is 468 g/mol. The van der Waals surface area contributed by atoms with Gasteiger partial charge < -0.3 is 20.5 Å². The highest BCUT2D eigenvalue weighted by Gasteiger charge is 2.32. The molecule has 2 heterocycles. The minimum atomic E-state index is -0.694. The number of hydrogen-bond acceptors (Lipinski definition) is 6. The lowest BCUT2D eigenvalue weighted by Gasteiger charge is -2.32. The Morgan fingerprint density at radius 2 is 1.84 bits per heavy atom. The van der Waals surface area contributed by atoms with Crippen LogP contribution >= 0.6 is 0 Å². The number of anilines is 1. The van der Waals surface area contributed by atoms with Crippen molar-refractivity contribution in [3.05, 3.63) is 34.8 Å². The van der Waals surface area contributed by atoms with E-state index in [4.69, 9.17) is 15.6 Å². The molecule has 0 unspecified atom stereocenters. The molecular formula is C29H42N4O4. The quantitative estimate of drug-likeness (QED) is 0.368. The first-order valence-corrected chi connectivity index (χ1v) is 14.2. The van der Waals surface area contributed by atoms with Crippen molar-refractivity contribution in [1.29, 1.82) is 0 Å². The summed E-state index contributed by atoms with van der Waals surface area (Å²) in [4.78, 5) is 35.3. The van der Waals surface area contributed by atoms with E-state index < -0.39 is 5.97 Å². The van der Waals surface area contributed by atoms with Crippen molar-refractivity contribution in [1.82, 2.24) is 14.9 Å². The van der Waals surface area contributed by atoms with Crippen LogP contribution < -0.4 is 10.5 Å². The van der Waals surface area contributed by atoms with Gasteiger partial charge in [0.25, 0.3) is 5.91 Å². The van der Waals surface area contributed by atoms with Crippen LogP contribution in [-0.2, 0) is 11.2 Å². The van der Waals surface area contributed by atoms with Crippen LogP contribution in [-0.4, -0.2) is 45.0 Å². The second-order valence-electron chi connectivity index (χ2n) is 10.7. The standard InChI is InChI=1S/C29H42N4O4/c1-2-3-4-5-6-7-8-24-31-27(30)26-28(32-24)37-18-17-33(29(26)36)23-15-13-22(14-16-23)21-11-9-20(10-12-21)19-25(34)35/h13,15,20-21H,2-12,14,16-19H2,1H3,(H,34,35)(H2,30,31,32). The Hall–Kier alpha value is -2.90. The number of nitrogens with two attached hydrogens (primary N) is 1. The van der Waals surface area contributed by atoms with Crippen molar-refractivity contribution in [2.45, 2.75) is 96.8 Å². The number of rotatable bonds is 11. The average molecular weight is 511 g/mol. The molecule has 3 N–H and O–H groups in total. The first-order valence-electron chi connectivity index (χ1n) is 14.2. The van der Waals surface area contributed by atoms with Gasteiger partial charge in [-0.3, -0.25) is 9.59 Å². The van der Waals surface area contributed by atoms with E-state index in [1.807, 2.05) is 0 Å². The summed E-state index contributed by atoms with van der Waals surface area (Å²) in [6, 6.07) is 0. The summed E-state index contributed by atoms with van der Waals surface area (Å²) in [6.45, 7) is 3.04. The summed E-state index contributed by atoms with van der Waals surface area (Å²) >= 11 is 0. The van der Waals surface area contributed by atoms with Crippen LogP contribution in [0.15, 0.2) is 23.4 Å². The highest BCUT2D eigenvalue weighted by atomic mass is 16.5. The summed E-state index contributed by atoms with van der Waals surface area (Å²) in [5.41, 5.74) is 8.94. The number of hydrogen-bond donors (Lipinski definition) is 2. The van der Waals surface area contributed by atoms with Gasteiger partial charge >= 0.3 is 5.97 Å². The zero-order valence-corrected chi connectivity index (χ0v) is 22.2. The van der Waals surface area contributed by atoms with E-state index in [0.29, 0.717) is 36.7 Å². The number of carbonyl (C=O) groups excluding carboxylic acids is 1. The largest absolute Gasteiger partial charge is 0.481 e. The molecule has 1 aromatic rings. The Balaban J connectivity index is 1.38. The van der Waals surface area contributed by atoms with Gasteiger partial charge in [0, 0.05) is 18.5 Å². The third-order valence-corrected chi connectivity index (χ3v) is 8.06. The number of nitrogen functional groups attached to an aromatic ring is 1. The lowest BCUT2D eigenvalue weighted by molar-refractivity contribution is -0.138. The SMILES string of the molecule is CCCCCCCCc1nc(N)c2c(n1)OCCN(C1=CC=C(C3CCC(CC(=O)O)CC3)CC1)C2=O. The molecule has 0 aromatic carbocycles. The van der Waals surface area contributed by atoms with Crippen molar-refractivity contribution in [3.63, 3.8) is 0 Å². The lowest BCUT2D eigenvalue weighted by atomic mass is 9.75. The maximum Gasteiger partial charge on any atom is 0.303 e. The molecule has 0 atom stereocenters. The molecule has 4 rings (SSSR count). The van der Waals surface area contributed by atoms with Crippen LogP contribution in [0.3, 0.4) is 0 Å². The minimum absolute atomic E-state index is 0.187. The van der Waals surface area contributed by atoms with Crippen LogP contribution in [0.1, 0.15) is 107 Å². The van der Waals surface area contributed by atoms with Gasteiger partial charge in [0.15, 0.2) is 0 Å². The van der Waals surface area contributed by atoms with E-state index in [-0.39, 0.29) is 23.7 Å². The fraction of sp³-hybridized carbons (Fsp3) is 0.655. The van der Waals surface area contributed by atoms with Crippen LogP contribution in [0.4, 0.5) is 5.82 Å². The zero-order chi connectivity index (χ0) is 26.2. The Morgan fingerprint density at radius 1 is 1.08 bits per heavy atom. The smallest absolute Gasteiger partial charge is 0.303 e. The molecule has 8 heteroatoms. The molecule has 37 heavy (non-hydrogen) atoms. The molecule has 0 bridgehead atoms. The van der Waals surface area contributed by atoms with Gasteiger partial charge in [0.2, 0.25) is 5.88 Å². The first-order chi connectivity index (χ1) is 18.0. The van der Waals surface area contributed by atoms with Gasteiger partial charge in [-0.05, 0) is 62.9 Å². The summed E-state index contributed by atoms with van der Waals surface area (Å²) in [5, 5.41) is 9.06. The summed E-state index contributed by atoms with van der Waals surface area (Å²) in [7, 11) is 0. The number of aromatic nitrogens is 2. The Kier molecular flexibility index (Phi) is 9.58. The number of aryl methyl sites for hydroxylation is 1. The molecule has 0 saturated heterocycles. The average Bonchev–Trinajstić information content (AvgIpc) is 3.05. The third kappa shape index (κ3) is 7.11. The number of nitrogens with zero attached hydrogens (tertiary/aromatic N) is 3. The normalized spacial score (nSPS) is 22.0. The van der Waals surface area contributed by atoms with E-state index in [2.05, 4.69) is 29.0 Å². The van der Waals surface area contributed by atoms with Crippen LogP contribution in [0.25, 0.3) is 0 Å². The molecule has 202 valence electrons. The number of allylic oxidation sites excluding steroid dienone is 4. The fourth-order valence-corrected chi connectivity index (χ4v) is 5.92. The Bertz CT molecular complexity index is 1030. The molecule has 1 amide bonds. The number of unbranched alkanes of at least 4 members (excludes halogenated alkanes) is 5. The highest BCUT2D eigenvalue weighted by Crippen LogP contribution is 2.39. The molecule has 1 fully saturated rings. The van der Waals surface area contributed by atoms with Crippen molar-refractivity contribution < 1.29 is 19.4 Å². The Morgan fingerprint density at radius 3 is 2.54 bits per heavy atom. The maximum atomic E-state index is 13.5. The monoisotopic (exact) mass is 510 g/mol. The highest BCUT2D eigenvalue weighted by molar-refractivity contribution is 6.01. The molecule has 1 aromatic heterocycles. The molecule has 3 aliphatic rings. The minimum Gasteiger partial charge on any atom is -0.481 e. The van der Waals surface area contributed by atoms with E-state index >= 15 is 0 Å². The number of fused-ring (bicyclic) bond motifs is 1. The number of amides is 1. The van der Waals surface area contributed by atoms with Crippen molar-refractivity contribution in [2.75, 3.05) is 18.9 Å². The third-order valence-electron chi connectivity index (χ3n) is 8.06. The second kappa shape index (κ2) is 13.1. The van der Waals surface area contributed by atoms with Gasteiger partial charge in [-0.1, -0.05) is 50.7 Å². The fourth-order valence-electron chi connectivity index (χ4n) is 5.92. The summed E-state index contributed by atoms with van der Waals surface area (Å²) in [6.07, 6.45) is 18.1. The van der Waals surface area contributed by atoms with Crippen molar-refractivity contribution in [3.8, 4) is 5.88 Å². The van der Waals surface area contributed by atoms with Crippen molar-refractivity contribution >= 4 is 17.7 Å². The van der Waals surface area contributed by atoms with Crippen LogP contribution in [0, 0.1) is 11.8 Å². The van der Waals surface area contributed by atoms with Gasteiger partial charge in [0.1, 0.15) is 23.8 Å². The van der Waals surface area contributed by atoms with Gasteiger partial charge in [0.05, 0.1) is 6.54 Å². The molecule has 8 nitrogen and oxygen atoms in total. The summed E-state index contributed by atoms with van der Waals surface area (Å²) in [5.74, 6) is 1.10. The Labute approximate surface area is 220 Å². The lowest BCUT2D eigenvalue weighted by Crippen LogP contribution is -2.33.